The summed E-state index contributed by atoms with van der Waals surface area (Å²) in [4.78, 5) is 15.4. The van der Waals surface area contributed by atoms with Crippen LogP contribution < -0.4 is 10.6 Å². The van der Waals surface area contributed by atoms with Gasteiger partial charge in [-0.25, -0.2) is 9.97 Å². The van der Waals surface area contributed by atoms with Crippen molar-refractivity contribution < 1.29 is 0 Å². The third-order valence-corrected chi connectivity index (χ3v) is 3.33. The Morgan fingerprint density at radius 1 is 1.26 bits per heavy atom. The zero-order chi connectivity index (χ0) is 13.2. The Hall–Kier alpha value is -2.01. The highest BCUT2D eigenvalue weighted by Gasteiger charge is 2.21. The van der Waals surface area contributed by atoms with Crippen LogP contribution in [-0.4, -0.2) is 34.1 Å². The zero-order valence-electron chi connectivity index (χ0n) is 11.0. The van der Waals surface area contributed by atoms with E-state index >= 15 is 0 Å². The predicted molar refractivity (Wildman–Crippen MR) is 74.8 cm³/mol. The highest BCUT2D eigenvalue weighted by atomic mass is 15.2. The van der Waals surface area contributed by atoms with E-state index in [1.807, 2.05) is 25.1 Å². The molecule has 0 amide bonds. The number of aromatic nitrogens is 3. The Labute approximate surface area is 112 Å². The number of hydrogen-bond donors (Lipinski definition) is 1. The molecule has 1 saturated heterocycles. The number of nitrogens with two attached hydrogens (primary N) is 1. The van der Waals surface area contributed by atoms with Crippen LogP contribution in [0.2, 0.25) is 0 Å². The summed E-state index contributed by atoms with van der Waals surface area (Å²) in [5.74, 6) is 1.71. The third kappa shape index (κ3) is 2.56. The maximum atomic E-state index is 5.96. The second-order valence-corrected chi connectivity index (χ2v) is 4.92. The number of nitrogens with zero attached hydrogens (tertiary/aromatic N) is 4. The summed E-state index contributed by atoms with van der Waals surface area (Å²) in [6.45, 7) is 3.82. The summed E-state index contributed by atoms with van der Waals surface area (Å²) in [6, 6.07) is 6.12. The Balaban J connectivity index is 1.97. The fourth-order valence-corrected chi connectivity index (χ4v) is 2.34. The predicted octanol–water partition coefficient (Wildman–Crippen LogP) is 1.38. The van der Waals surface area contributed by atoms with Gasteiger partial charge in [-0.1, -0.05) is 0 Å². The van der Waals surface area contributed by atoms with Crippen LogP contribution in [0.25, 0.3) is 11.4 Å². The van der Waals surface area contributed by atoms with E-state index in [9.17, 15) is 0 Å². The van der Waals surface area contributed by atoms with Crippen molar-refractivity contribution in [3.8, 4) is 11.4 Å². The first-order valence-corrected chi connectivity index (χ1v) is 6.49. The van der Waals surface area contributed by atoms with E-state index in [0.717, 1.165) is 42.4 Å². The van der Waals surface area contributed by atoms with Gasteiger partial charge in [0, 0.05) is 48.8 Å². The van der Waals surface area contributed by atoms with Crippen molar-refractivity contribution >= 4 is 5.82 Å². The van der Waals surface area contributed by atoms with E-state index in [4.69, 9.17) is 5.73 Å². The Bertz CT molecular complexity index is 569. The van der Waals surface area contributed by atoms with Crippen molar-refractivity contribution in [3.05, 3.63) is 36.3 Å². The molecule has 19 heavy (non-hydrogen) atoms. The van der Waals surface area contributed by atoms with Crippen LogP contribution in [-0.2, 0) is 0 Å². The first-order valence-electron chi connectivity index (χ1n) is 6.49. The smallest absolute Gasteiger partial charge is 0.161 e. The van der Waals surface area contributed by atoms with Crippen LogP contribution in [0.4, 0.5) is 5.82 Å². The molecule has 5 heteroatoms. The highest BCUT2D eigenvalue weighted by molar-refractivity contribution is 5.57. The molecule has 0 saturated carbocycles. The number of hydrogen-bond acceptors (Lipinski definition) is 5. The summed E-state index contributed by atoms with van der Waals surface area (Å²) in [6.07, 6.45) is 4.53. The summed E-state index contributed by atoms with van der Waals surface area (Å²) in [5.41, 5.74) is 7.92. The largest absolute Gasteiger partial charge is 0.355 e. The number of rotatable bonds is 2. The van der Waals surface area contributed by atoms with Crippen LogP contribution in [0.3, 0.4) is 0 Å². The van der Waals surface area contributed by atoms with E-state index in [-0.39, 0.29) is 6.04 Å². The van der Waals surface area contributed by atoms with Crippen molar-refractivity contribution in [2.24, 2.45) is 5.73 Å². The first-order chi connectivity index (χ1) is 9.22. The lowest BCUT2D eigenvalue weighted by molar-refractivity contribution is 0.751. The zero-order valence-corrected chi connectivity index (χ0v) is 11.0. The summed E-state index contributed by atoms with van der Waals surface area (Å²) in [5, 5.41) is 0. The second-order valence-electron chi connectivity index (χ2n) is 4.92. The molecule has 98 valence electrons. The Morgan fingerprint density at radius 2 is 2.05 bits per heavy atom. The van der Waals surface area contributed by atoms with Gasteiger partial charge in [-0.15, -0.1) is 0 Å². The van der Waals surface area contributed by atoms with Crippen molar-refractivity contribution in [3.63, 3.8) is 0 Å². The fourth-order valence-electron chi connectivity index (χ4n) is 2.34. The first kappa shape index (κ1) is 12.0. The van der Waals surface area contributed by atoms with Gasteiger partial charge in [-0.3, -0.25) is 4.98 Å². The molecule has 1 unspecified atom stereocenters. The van der Waals surface area contributed by atoms with Gasteiger partial charge in [0.25, 0.3) is 0 Å². The van der Waals surface area contributed by atoms with E-state index < -0.39 is 0 Å². The molecule has 1 aliphatic heterocycles. The molecule has 0 bridgehead atoms. The average molecular weight is 255 g/mol. The van der Waals surface area contributed by atoms with E-state index in [1.165, 1.54) is 0 Å². The molecule has 1 fully saturated rings. The van der Waals surface area contributed by atoms with Gasteiger partial charge in [-0.2, -0.15) is 0 Å². The van der Waals surface area contributed by atoms with Gasteiger partial charge in [-0.05, 0) is 25.5 Å². The summed E-state index contributed by atoms with van der Waals surface area (Å²) >= 11 is 0. The molecule has 3 rings (SSSR count). The lowest BCUT2D eigenvalue weighted by Gasteiger charge is -2.18. The molecule has 2 aromatic rings. The molecule has 2 N–H and O–H groups in total. The number of anilines is 1. The van der Waals surface area contributed by atoms with E-state index in [2.05, 4.69) is 19.9 Å². The van der Waals surface area contributed by atoms with E-state index in [1.54, 1.807) is 12.4 Å². The quantitative estimate of drug-likeness (QED) is 0.878. The molecular weight excluding hydrogens is 238 g/mol. The molecule has 0 aliphatic carbocycles. The van der Waals surface area contributed by atoms with Crippen molar-refractivity contribution in [2.75, 3.05) is 18.0 Å². The fraction of sp³-hybridized carbons (Fsp3) is 0.357. The molecule has 1 aliphatic rings. The maximum Gasteiger partial charge on any atom is 0.161 e. The standard InChI is InChI=1S/C14H17N5/c1-10-8-13(19-7-4-12(15)9-19)18-14(17-10)11-2-5-16-6-3-11/h2-3,5-6,8,12H,4,7,9,15H2,1H3. The topological polar surface area (TPSA) is 67.9 Å². The lowest BCUT2D eigenvalue weighted by atomic mass is 10.2. The van der Waals surface area contributed by atoms with Crippen LogP contribution in [0, 0.1) is 6.92 Å². The van der Waals surface area contributed by atoms with E-state index in [0.29, 0.717) is 0 Å². The van der Waals surface area contributed by atoms with Crippen molar-refractivity contribution in [1.29, 1.82) is 0 Å². The molecular formula is C14H17N5. The van der Waals surface area contributed by atoms with Crippen LogP contribution in [0.1, 0.15) is 12.1 Å². The minimum atomic E-state index is 0.250. The van der Waals surface area contributed by atoms with Gasteiger partial charge >= 0.3 is 0 Å². The van der Waals surface area contributed by atoms with Crippen LogP contribution in [0.5, 0.6) is 0 Å². The third-order valence-electron chi connectivity index (χ3n) is 3.33. The number of aryl methyl sites for hydroxylation is 1. The molecule has 1 atom stereocenters. The minimum Gasteiger partial charge on any atom is -0.355 e. The van der Waals surface area contributed by atoms with Crippen molar-refractivity contribution in [2.45, 2.75) is 19.4 Å². The van der Waals surface area contributed by atoms with Gasteiger partial charge < -0.3 is 10.6 Å². The van der Waals surface area contributed by atoms with Crippen molar-refractivity contribution in [1.82, 2.24) is 15.0 Å². The second kappa shape index (κ2) is 4.93. The normalized spacial score (nSPS) is 18.8. The molecule has 3 heterocycles. The van der Waals surface area contributed by atoms with Gasteiger partial charge in [0.15, 0.2) is 5.82 Å². The lowest BCUT2D eigenvalue weighted by Crippen LogP contribution is -2.27. The van der Waals surface area contributed by atoms with Gasteiger partial charge in [0.1, 0.15) is 5.82 Å². The van der Waals surface area contributed by atoms with Crippen LogP contribution >= 0.6 is 0 Å². The summed E-state index contributed by atoms with van der Waals surface area (Å²) in [7, 11) is 0. The molecule has 0 aromatic carbocycles. The monoisotopic (exact) mass is 255 g/mol. The molecule has 5 nitrogen and oxygen atoms in total. The average Bonchev–Trinajstić information content (AvgIpc) is 2.86. The Kier molecular flexibility index (Phi) is 3.13. The van der Waals surface area contributed by atoms with Gasteiger partial charge in [0.05, 0.1) is 0 Å². The van der Waals surface area contributed by atoms with Crippen LogP contribution in [0.15, 0.2) is 30.6 Å². The highest BCUT2D eigenvalue weighted by Crippen LogP contribution is 2.22. The summed E-state index contributed by atoms with van der Waals surface area (Å²) < 4.78 is 0. The molecule has 0 spiro atoms. The van der Waals surface area contributed by atoms with Gasteiger partial charge in [0.2, 0.25) is 0 Å². The minimum absolute atomic E-state index is 0.250. The number of pyridine rings is 1. The Morgan fingerprint density at radius 3 is 2.74 bits per heavy atom. The maximum absolute atomic E-state index is 5.96. The molecule has 2 aromatic heterocycles. The SMILES string of the molecule is Cc1cc(N2CCC(N)C2)nc(-c2ccncc2)n1. The molecule has 0 radical (unpaired) electrons.